The third-order valence-corrected chi connectivity index (χ3v) is 4.06. The minimum absolute atomic E-state index is 0.105. The van der Waals surface area contributed by atoms with Crippen LogP contribution in [0, 0.1) is 0 Å². The van der Waals surface area contributed by atoms with E-state index >= 15 is 0 Å². The van der Waals surface area contributed by atoms with Crippen LogP contribution in [0.15, 0.2) is 0 Å². The predicted molar refractivity (Wildman–Crippen MR) is 73.4 cm³/mol. The zero-order valence-corrected chi connectivity index (χ0v) is 12.0. The van der Waals surface area contributed by atoms with Crippen molar-refractivity contribution in [3.8, 4) is 0 Å². The van der Waals surface area contributed by atoms with Gasteiger partial charge in [-0.1, -0.05) is 19.3 Å². The minimum atomic E-state index is -0.259. The smallest absolute Gasteiger partial charge is 0.221 e. The first-order chi connectivity index (χ1) is 8.45. The molecule has 0 unspecified atom stereocenters. The SMILES string of the molecule is CN(CCC(=O)NC1CCCCC1)C(C)(C)CO. The molecule has 2 N–H and O–H groups in total. The summed E-state index contributed by atoms with van der Waals surface area (Å²) in [6.45, 7) is 4.75. The molecule has 106 valence electrons. The van der Waals surface area contributed by atoms with Crippen LogP contribution in [0.2, 0.25) is 0 Å². The van der Waals surface area contributed by atoms with E-state index in [0.29, 0.717) is 19.0 Å². The van der Waals surface area contributed by atoms with Crippen molar-refractivity contribution >= 4 is 5.91 Å². The first-order valence-electron chi connectivity index (χ1n) is 7.07. The third kappa shape index (κ3) is 4.94. The Hall–Kier alpha value is -0.610. The number of carbonyl (C=O) groups excluding carboxylic acids is 1. The van der Waals surface area contributed by atoms with Gasteiger partial charge in [0.05, 0.1) is 6.61 Å². The summed E-state index contributed by atoms with van der Waals surface area (Å²) in [4.78, 5) is 13.9. The molecule has 1 aliphatic rings. The van der Waals surface area contributed by atoms with E-state index in [2.05, 4.69) is 5.32 Å². The highest BCUT2D eigenvalue weighted by atomic mass is 16.3. The van der Waals surface area contributed by atoms with Crippen molar-refractivity contribution in [1.82, 2.24) is 10.2 Å². The van der Waals surface area contributed by atoms with Crippen molar-refractivity contribution in [2.24, 2.45) is 0 Å². The summed E-state index contributed by atoms with van der Waals surface area (Å²) in [7, 11) is 1.95. The van der Waals surface area contributed by atoms with Crippen molar-refractivity contribution in [2.75, 3.05) is 20.2 Å². The van der Waals surface area contributed by atoms with Gasteiger partial charge in [0.2, 0.25) is 5.91 Å². The summed E-state index contributed by atoms with van der Waals surface area (Å²) >= 11 is 0. The molecule has 0 heterocycles. The molecule has 4 nitrogen and oxygen atoms in total. The van der Waals surface area contributed by atoms with Gasteiger partial charge >= 0.3 is 0 Å². The summed E-state index contributed by atoms with van der Waals surface area (Å²) in [6.07, 6.45) is 6.55. The lowest BCUT2D eigenvalue weighted by Gasteiger charge is -2.33. The predicted octanol–water partition coefficient (Wildman–Crippen LogP) is 1.53. The maximum atomic E-state index is 11.8. The number of hydrogen-bond donors (Lipinski definition) is 2. The fourth-order valence-corrected chi connectivity index (χ4v) is 2.24. The number of aliphatic hydroxyl groups excluding tert-OH is 1. The molecule has 1 rings (SSSR count). The minimum Gasteiger partial charge on any atom is -0.394 e. The zero-order valence-electron chi connectivity index (χ0n) is 12.0. The number of hydrogen-bond acceptors (Lipinski definition) is 3. The normalized spacial score (nSPS) is 18.1. The van der Waals surface area contributed by atoms with E-state index in [4.69, 9.17) is 0 Å². The fraction of sp³-hybridized carbons (Fsp3) is 0.929. The van der Waals surface area contributed by atoms with E-state index in [1.165, 1.54) is 19.3 Å². The van der Waals surface area contributed by atoms with Gasteiger partial charge in [0.25, 0.3) is 0 Å². The molecule has 1 amide bonds. The van der Waals surface area contributed by atoms with Crippen LogP contribution in [0.5, 0.6) is 0 Å². The maximum Gasteiger partial charge on any atom is 0.221 e. The molecular weight excluding hydrogens is 228 g/mol. The van der Waals surface area contributed by atoms with E-state index in [-0.39, 0.29) is 18.1 Å². The van der Waals surface area contributed by atoms with Gasteiger partial charge in [-0.3, -0.25) is 9.69 Å². The molecule has 4 heteroatoms. The van der Waals surface area contributed by atoms with Gasteiger partial charge in [0.15, 0.2) is 0 Å². The van der Waals surface area contributed by atoms with E-state index in [1.54, 1.807) is 0 Å². The van der Waals surface area contributed by atoms with Gasteiger partial charge in [-0.2, -0.15) is 0 Å². The first-order valence-corrected chi connectivity index (χ1v) is 7.07. The highest BCUT2D eigenvalue weighted by molar-refractivity contribution is 5.76. The van der Waals surface area contributed by atoms with Gasteiger partial charge < -0.3 is 10.4 Å². The van der Waals surface area contributed by atoms with Crippen molar-refractivity contribution in [2.45, 2.75) is 64.0 Å². The Bertz CT molecular complexity index is 261. The van der Waals surface area contributed by atoms with Gasteiger partial charge in [0.1, 0.15) is 0 Å². The quantitative estimate of drug-likeness (QED) is 0.758. The molecule has 0 aromatic rings. The van der Waals surface area contributed by atoms with Crippen LogP contribution in [-0.4, -0.2) is 47.7 Å². The molecule has 0 spiro atoms. The van der Waals surface area contributed by atoms with Gasteiger partial charge in [-0.05, 0) is 33.7 Å². The molecular formula is C14H28N2O2. The Balaban J connectivity index is 2.24. The third-order valence-electron chi connectivity index (χ3n) is 4.06. The number of rotatable bonds is 6. The number of nitrogens with zero attached hydrogens (tertiary/aromatic N) is 1. The molecule has 0 aliphatic heterocycles. The highest BCUT2D eigenvalue weighted by Crippen LogP contribution is 2.17. The Morgan fingerprint density at radius 3 is 2.50 bits per heavy atom. The van der Waals surface area contributed by atoms with Crippen LogP contribution >= 0.6 is 0 Å². The molecule has 1 aliphatic carbocycles. The topological polar surface area (TPSA) is 52.6 Å². The van der Waals surface area contributed by atoms with Crippen molar-refractivity contribution in [3.63, 3.8) is 0 Å². The van der Waals surface area contributed by atoms with Gasteiger partial charge in [-0.25, -0.2) is 0 Å². The molecule has 1 saturated carbocycles. The Morgan fingerprint density at radius 2 is 1.94 bits per heavy atom. The Morgan fingerprint density at radius 1 is 1.33 bits per heavy atom. The number of likely N-dealkylation sites (N-methyl/N-ethyl adjacent to an activating group) is 1. The second-order valence-corrected chi connectivity index (χ2v) is 6.04. The van der Waals surface area contributed by atoms with Crippen LogP contribution in [0.4, 0.5) is 0 Å². The summed E-state index contributed by atoms with van der Waals surface area (Å²) in [5.74, 6) is 0.141. The Labute approximate surface area is 111 Å². The van der Waals surface area contributed by atoms with E-state index in [9.17, 15) is 9.90 Å². The summed E-state index contributed by atoms with van der Waals surface area (Å²) in [6, 6.07) is 0.391. The lowest BCUT2D eigenvalue weighted by molar-refractivity contribution is -0.122. The molecule has 0 saturated heterocycles. The number of aliphatic hydroxyl groups is 1. The number of amides is 1. The average Bonchev–Trinajstić information content (AvgIpc) is 2.37. The Kier molecular flexibility index (Phi) is 6.09. The molecule has 0 atom stereocenters. The largest absolute Gasteiger partial charge is 0.394 e. The van der Waals surface area contributed by atoms with E-state index in [1.807, 2.05) is 25.8 Å². The molecule has 18 heavy (non-hydrogen) atoms. The monoisotopic (exact) mass is 256 g/mol. The van der Waals surface area contributed by atoms with Crippen LogP contribution in [0.1, 0.15) is 52.4 Å². The van der Waals surface area contributed by atoms with Gasteiger partial charge in [-0.15, -0.1) is 0 Å². The van der Waals surface area contributed by atoms with E-state index < -0.39 is 0 Å². The van der Waals surface area contributed by atoms with Crippen molar-refractivity contribution < 1.29 is 9.90 Å². The van der Waals surface area contributed by atoms with E-state index in [0.717, 1.165) is 12.8 Å². The molecule has 0 bridgehead atoms. The number of nitrogens with one attached hydrogen (secondary N) is 1. The zero-order chi connectivity index (χ0) is 13.6. The molecule has 0 radical (unpaired) electrons. The van der Waals surface area contributed by atoms with Crippen molar-refractivity contribution in [3.05, 3.63) is 0 Å². The lowest BCUT2D eigenvalue weighted by Crippen LogP contribution is -2.46. The fourth-order valence-electron chi connectivity index (χ4n) is 2.24. The van der Waals surface area contributed by atoms with Crippen LogP contribution in [0.3, 0.4) is 0 Å². The van der Waals surface area contributed by atoms with Gasteiger partial charge in [0, 0.05) is 24.5 Å². The molecule has 0 aromatic carbocycles. The standard InChI is InChI=1S/C14H28N2O2/c1-14(2,11-17)16(3)10-9-13(18)15-12-7-5-4-6-8-12/h12,17H,4-11H2,1-3H3,(H,15,18). The van der Waals surface area contributed by atoms with Crippen LogP contribution < -0.4 is 5.32 Å². The van der Waals surface area contributed by atoms with Crippen LogP contribution in [0.25, 0.3) is 0 Å². The first kappa shape index (κ1) is 15.4. The second kappa shape index (κ2) is 7.10. The summed E-state index contributed by atoms with van der Waals surface area (Å²) < 4.78 is 0. The lowest BCUT2D eigenvalue weighted by atomic mass is 9.95. The second-order valence-electron chi connectivity index (χ2n) is 6.04. The average molecular weight is 256 g/mol. The molecule has 1 fully saturated rings. The molecule has 0 aromatic heterocycles. The summed E-state index contributed by atoms with van der Waals surface area (Å²) in [5.41, 5.74) is -0.259. The van der Waals surface area contributed by atoms with Crippen molar-refractivity contribution in [1.29, 1.82) is 0 Å². The maximum absolute atomic E-state index is 11.8. The number of carbonyl (C=O) groups is 1. The van der Waals surface area contributed by atoms with Crippen LogP contribution in [-0.2, 0) is 4.79 Å². The summed E-state index contributed by atoms with van der Waals surface area (Å²) in [5, 5.41) is 12.4. The highest BCUT2D eigenvalue weighted by Gasteiger charge is 2.23.